The molecule has 4 aliphatic carbocycles. The van der Waals surface area contributed by atoms with Crippen molar-refractivity contribution in [3.05, 3.63) is 40.9 Å². The fraction of sp³-hybridized carbons (Fsp3) is 0.444. The van der Waals surface area contributed by atoms with Crippen molar-refractivity contribution in [1.82, 2.24) is 4.90 Å². The Morgan fingerprint density at radius 2 is 1.57 bits per heavy atom. The average molecular weight is 373 g/mol. The number of imide groups is 1. The normalized spacial score (nSPS) is 39.4. The molecule has 4 nitrogen and oxygen atoms in total. The molecule has 1 saturated heterocycles. The van der Waals surface area contributed by atoms with E-state index in [-0.39, 0.29) is 30.3 Å². The van der Waals surface area contributed by atoms with E-state index in [1.54, 1.807) is 0 Å². The molecule has 6 rings (SSSR count). The van der Waals surface area contributed by atoms with Crippen LogP contribution >= 0.6 is 15.9 Å². The predicted octanol–water partition coefficient (Wildman–Crippen LogP) is 2.87. The number of likely N-dealkylation sites (tertiary alicyclic amines) is 1. The largest absolute Gasteiger partial charge is 0.367 e. The molecule has 2 bridgehead atoms. The molecule has 5 heteroatoms. The first-order chi connectivity index (χ1) is 11.1. The standard InChI is InChI=1S/C18H17BrN2O2/c19-9-1-3-10(4-2-9)20-8-21-17(22)15-11-5-6-12(14-7-13(11)14)16(15)18(21)23/h1-6,11-16,20H,7-8H2/t11-,12+,13-,14-,15+,16-/m1/s1. The van der Waals surface area contributed by atoms with Gasteiger partial charge in [0, 0.05) is 10.2 Å². The number of amides is 2. The Bertz CT molecular complexity index is 693. The summed E-state index contributed by atoms with van der Waals surface area (Å²) in [7, 11) is 0. The molecule has 118 valence electrons. The van der Waals surface area contributed by atoms with Gasteiger partial charge in [0.1, 0.15) is 0 Å². The molecular weight excluding hydrogens is 356 g/mol. The molecule has 1 N–H and O–H groups in total. The molecule has 6 atom stereocenters. The summed E-state index contributed by atoms with van der Waals surface area (Å²) >= 11 is 3.40. The zero-order chi connectivity index (χ0) is 15.7. The fourth-order valence-electron chi connectivity index (χ4n) is 4.91. The monoisotopic (exact) mass is 372 g/mol. The van der Waals surface area contributed by atoms with Crippen LogP contribution in [0.5, 0.6) is 0 Å². The van der Waals surface area contributed by atoms with Gasteiger partial charge in [-0.15, -0.1) is 0 Å². The number of hydrogen-bond acceptors (Lipinski definition) is 3. The minimum atomic E-state index is -0.104. The van der Waals surface area contributed by atoms with Crippen molar-refractivity contribution >= 4 is 33.4 Å². The molecule has 0 aromatic heterocycles. The van der Waals surface area contributed by atoms with Gasteiger partial charge in [-0.05, 0) is 54.4 Å². The average Bonchev–Trinajstić information content (AvgIpc) is 3.33. The molecular formula is C18H17BrN2O2. The first-order valence-electron chi connectivity index (χ1n) is 8.18. The van der Waals surface area contributed by atoms with Crippen LogP contribution in [-0.2, 0) is 9.59 Å². The number of hydrogen-bond donors (Lipinski definition) is 1. The second kappa shape index (κ2) is 4.69. The van der Waals surface area contributed by atoms with E-state index in [0.717, 1.165) is 10.2 Å². The molecule has 1 aliphatic heterocycles. The number of anilines is 1. The van der Waals surface area contributed by atoms with Crippen molar-refractivity contribution in [1.29, 1.82) is 0 Å². The zero-order valence-electron chi connectivity index (χ0n) is 12.5. The summed E-state index contributed by atoms with van der Waals surface area (Å²) in [4.78, 5) is 27.0. The highest BCUT2D eigenvalue weighted by atomic mass is 79.9. The summed E-state index contributed by atoms with van der Waals surface area (Å²) < 4.78 is 1.00. The lowest BCUT2D eigenvalue weighted by Crippen LogP contribution is -2.40. The quantitative estimate of drug-likeness (QED) is 0.655. The van der Waals surface area contributed by atoms with Crippen LogP contribution in [-0.4, -0.2) is 23.4 Å². The number of nitrogens with zero attached hydrogens (tertiary/aromatic N) is 1. The van der Waals surface area contributed by atoms with Crippen LogP contribution in [0.3, 0.4) is 0 Å². The van der Waals surface area contributed by atoms with Crippen LogP contribution in [0.4, 0.5) is 5.69 Å². The SMILES string of the molecule is O=C1[C@@H]2[C@H]3C=C[C@H]([C@H]4C[C@H]34)[C@@H]2C(=O)N1CNc1ccc(Br)cc1. The summed E-state index contributed by atoms with van der Waals surface area (Å²) in [6.07, 6.45) is 5.61. The molecule has 1 aromatic rings. The van der Waals surface area contributed by atoms with Crippen LogP contribution in [0.25, 0.3) is 0 Å². The smallest absolute Gasteiger partial charge is 0.235 e. The molecule has 0 radical (unpaired) electrons. The van der Waals surface area contributed by atoms with Gasteiger partial charge in [-0.1, -0.05) is 28.1 Å². The fourth-order valence-corrected chi connectivity index (χ4v) is 5.18. The lowest BCUT2D eigenvalue weighted by Gasteiger charge is -2.37. The van der Waals surface area contributed by atoms with Crippen molar-refractivity contribution in [3.63, 3.8) is 0 Å². The molecule has 1 heterocycles. The lowest BCUT2D eigenvalue weighted by molar-refractivity contribution is -0.139. The Hall–Kier alpha value is -1.62. The summed E-state index contributed by atoms with van der Waals surface area (Å²) in [6, 6.07) is 7.74. The molecule has 23 heavy (non-hydrogen) atoms. The highest BCUT2D eigenvalue weighted by Crippen LogP contribution is 2.65. The Balaban J connectivity index is 1.36. The van der Waals surface area contributed by atoms with Gasteiger partial charge in [-0.3, -0.25) is 14.5 Å². The van der Waals surface area contributed by atoms with Crippen molar-refractivity contribution in [2.45, 2.75) is 6.42 Å². The third-order valence-electron chi connectivity index (χ3n) is 6.04. The number of benzene rings is 1. The molecule has 1 aromatic carbocycles. The number of carbonyl (C=O) groups excluding carboxylic acids is 2. The van der Waals surface area contributed by atoms with Gasteiger partial charge in [0.15, 0.2) is 0 Å². The second-order valence-corrected chi connectivity index (χ2v) is 8.02. The van der Waals surface area contributed by atoms with Gasteiger partial charge in [-0.2, -0.15) is 0 Å². The Kier molecular flexibility index (Phi) is 2.81. The number of allylic oxidation sites excluding steroid dienone is 2. The summed E-state index contributed by atoms with van der Waals surface area (Å²) in [5, 5.41) is 3.20. The maximum absolute atomic E-state index is 12.8. The number of nitrogens with one attached hydrogen (secondary N) is 1. The van der Waals surface area contributed by atoms with E-state index in [9.17, 15) is 9.59 Å². The Morgan fingerprint density at radius 1 is 1.00 bits per heavy atom. The molecule has 2 amide bonds. The minimum absolute atomic E-state index is 0.0225. The van der Waals surface area contributed by atoms with Gasteiger partial charge in [0.05, 0.1) is 18.5 Å². The van der Waals surface area contributed by atoms with E-state index in [0.29, 0.717) is 23.7 Å². The van der Waals surface area contributed by atoms with Gasteiger partial charge in [0.2, 0.25) is 11.8 Å². The first kappa shape index (κ1) is 13.8. The lowest BCUT2D eigenvalue weighted by atomic mass is 9.63. The maximum atomic E-state index is 12.8. The highest BCUT2D eigenvalue weighted by Gasteiger charge is 2.66. The van der Waals surface area contributed by atoms with Crippen LogP contribution in [0, 0.1) is 35.5 Å². The Morgan fingerprint density at radius 3 is 2.13 bits per heavy atom. The number of rotatable bonds is 3. The maximum Gasteiger partial charge on any atom is 0.235 e. The van der Waals surface area contributed by atoms with E-state index in [1.807, 2.05) is 24.3 Å². The van der Waals surface area contributed by atoms with Crippen molar-refractivity contribution in [2.75, 3.05) is 12.0 Å². The minimum Gasteiger partial charge on any atom is -0.367 e. The van der Waals surface area contributed by atoms with E-state index in [1.165, 1.54) is 11.3 Å². The van der Waals surface area contributed by atoms with E-state index in [2.05, 4.69) is 33.4 Å². The van der Waals surface area contributed by atoms with Gasteiger partial charge in [0.25, 0.3) is 0 Å². The third kappa shape index (κ3) is 1.89. The third-order valence-corrected chi connectivity index (χ3v) is 6.57. The van der Waals surface area contributed by atoms with Gasteiger partial charge in [-0.25, -0.2) is 0 Å². The van der Waals surface area contributed by atoms with Crippen LogP contribution in [0.15, 0.2) is 40.9 Å². The zero-order valence-corrected chi connectivity index (χ0v) is 14.1. The van der Waals surface area contributed by atoms with Crippen molar-refractivity contribution in [2.24, 2.45) is 35.5 Å². The van der Waals surface area contributed by atoms with Crippen LogP contribution in [0.2, 0.25) is 0 Å². The second-order valence-electron chi connectivity index (χ2n) is 7.10. The van der Waals surface area contributed by atoms with Crippen LogP contribution < -0.4 is 5.32 Å². The molecule has 2 saturated carbocycles. The van der Waals surface area contributed by atoms with E-state index in [4.69, 9.17) is 0 Å². The highest BCUT2D eigenvalue weighted by molar-refractivity contribution is 9.10. The van der Waals surface area contributed by atoms with Gasteiger partial charge >= 0.3 is 0 Å². The van der Waals surface area contributed by atoms with Gasteiger partial charge < -0.3 is 5.32 Å². The summed E-state index contributed by atoms with van der Waals surface area (Å²) in [5.74, 6) is 1.74. The molecule has 5 aliphatic rings. The van der Waals surface area contributed by atoms with Crippen molar-refractivity contribution < 1.29 is 9.59 Å². The van der Waals surface area contributed by atoms with E-state index < -0.39 is 0 Å². The molecule has 0 unspecified atom stereocenters. The molecule has 0 spiro atoms. The Labute approximate surface area is 143 Å². The van der Waals surface area contributed by atoms with E-state index >= 15 is 0 Å². The first-order valence-corrected chi connectivity index (χ1v) is 8.97. The van der Waals surface area contributed by atoms with Crippen LogP contribution in [0.1, 0.15) is 6.42 Å². The predicted molar refractivity (Wildman–Crippen MR) is 89.2 cm³/mol. The number of halogens is 1. The topological polar surface area (TPSA) is 49.4 Å². The molecule has 3 fully saturated rings. The summed E-state index contributed by atoms with van der Waals surface area (Å²) in [6.45, 7) is 0.265. The van der Waals surface area contributed by atoms with Crippen molar-refractivity contribution in [3.8, 4) is 0 Å². The number of carbonyl (C=O) groups is 2. The summed E-state index contributed by atoms with van der Waals surface area (Å²) in [5.41, 5.74) is 0.910.